The van der Waals surface area contributed by atoms with E-state index in [2.05, 4.69) is 5.32 Å². The van der Waals surface area contributed by atoms with Crippen LogP contribution in [-0.2, 0) is 15.1 Å². The van der Waals surface area contributed by atoms with Crippen LogP contribution in [0.2, 0.25) is 0 Å². The standard InChI is InChI=1S/C14H23NO3/c1-14(16,13-6-4-3-5-7-13)12-15-8-9-18-11-10-17-2/h3-7,15-16H,8-12H2,1-2H3. The van der Waals surface area contributed by atoms with Crippen molar-refractivity contribution in [2.45, 2.75) is 12.5 Å². The zero-order valence-corrected chi connectivity index (χ0v) is 11.2. The monoisotopic (exact) mass is 253 g/mol. The molecule has 1 unspecified atom stereocenters. The SMILES string of the molecule is COCCOCCNCC(C)(O)c1ccccc1. The van der Waals surface area contributed by atoms with E-state index in [1.54, 1.807) is 14.0 Å². The summed E-state index contributed by atoms with van der Waals surface area (Å²) in [6, 6.07) is 9.65. The quantitative estimate of drug-likeness (QED) is 0.648. The molecule has 0 fully saturated rings. The van der Waals surface area contributed by atoms with Crippen molar-refractivity contribution in [1.29, 1.82) is 0 Å². The highest BCUT2D eigenvalue weighted by Gasteiger charge is 2.21. The van der Waals surface area contributed by atoms with Crippen LogP contribution in [0.15, 0.2) is 30.3 Å². The lowest BCUT2D eigenvalue weighted by molar-refractivity contribution is 0.0479. The number of rotatable bonds is 9. The lowest BCUT2D eigenvalue weighted by Crippen LogP contribution is -2.36. The summed E-state index contributed by atoms with van der Waals surface area (Å²) in [6.07, 6.45) is 0. The molecule has 0 bridgehead atoms. The highest BCUT2D eigenvalue weighted by Crippen LogP contribution is 2.18. The van der Waals surface area contributed by atoms with Gasteiger partial charge in [-0.1, -0.05) is 30.3 Å². The van der Waals surface area contributed by atoms with Gasteiger partial charge in [-0.05, 0) is 12.5 Å². The number of hydrogen-bond donors (Lipinski definition) is 2. The lowest BCUT2D eigenvalue weighted by atomic mass is 9.96. The molecular formula is C14H23NO3. The van der Waals surface area contributed by atoms with Crippen LogP contribution < -0.4 is 5.32 Å². The van der Waals surface area contributed by atoms with Crippen LogP contribution in [0.25, 0.3) is 0 Å². The molecule has 0 spiro atoms. The Kier molecular flexibility index (Phi) is 6.90. The number of aliphatic hydroxyl groups is 1. The number of hydrogen-bond acceptors (Lipinski definition) is 4. The molecule has 4 nitrogen and oxygen atoms in total. The molecule has 1 rings (SSSR count). The van der Waals surface area contributed by atoms with E-state index in [0.29, 0.717) is 32.9 Å². The fourth-order valence-electron chi connectivity index (χ4n) is 1.62. The van der Waals surface area contributed by atoms with Crippen LogP contribution in [0.5, 0.6) is 0 Å². The molecule has 0 saturated heterocycles. The molecule has 0 heterocycles. The molecule has 1 atom stereocenters. The van der Waals surface area contributed by atoms with E-state index in [4.69, 9.17) is 9.47 Å². The Bertz CT molecular complexity index is 314. The molecule has 0 aliphatic heterocycles. The van der Waals surface area contributed by atoms with Crippen LogP contribution in [-0.4, -0.2) is 45.1 Å². The average molecular weight is 253 g/mol. The van der Waals surface area contributed by atoms with Gasteiger partial charge in [-0.15, -0.1) is 0 Å². The van der Waals surface area contributed by atoms with Gasteiger partial charge in [0.05, 0.1) is 25.4 Å². The molecule has 1 aromatic carbocycles. The minimum absolute atomic E-state index is 0.505. The summed E-state index contributed by atoms with van der Waals surface area (Å²) in [5.41, 5.74) is 0.0612. The molecule has 0 amide bonds. The molecule has 18 heavy (non-hydrogen) atoms. The molecule has 0 aromatic heterocycles. The molecule has 0 aliphatic rings. The maximum absolute atomic E-state index is 10.3. The molecule has 2 N–H and O–H groups in total. The lowest BCUT2D eigenvalue weighted by Gasteiger charge is -2.24. The van der Waals surface area contributed by atoms with Gasteiger partial charge in [-0.3, -0.25) is 0 Å². The Hall–Kier alpha value is -0.940. The zero-order valence-electron chi connectivity index (χ0n) is 11.2. The predicted molar refractivity (Wildman–Crippen MR) is 71.6 cm³/mol. The van der Waals surface area contributed by atoms with Gasteiger partial charge in [-0.25, -0.2) is 0 Å². The second-order valence-corrected chi connectivity index (χ2v) is 4.42. The van der Waals surface area contributed by atoms with Crippen LogP contribution in [0.1, 0.15) is 12.5 Å². The molecule has 1 aromatic rings. The van der Waals surface area contributed by atoms with Crippen molar-refractivity contribution >= 4 is 0 Å². The smallest absolute Gasteiger partial charge is 0.0992 e. The fourth-order valence-corrected chi connectivity index (χ4v) is 1.62. The molecule has 0 aliphatic carbocycles. The van der Waals surface area contributed by atoms with Crippen molar-refractivity contribution < 1.29 is 14.6 Å². The van der Waals surface area contributed by atoms with Crippen LogP contribution in [0.3, 0.4) is 0 Å². The van der Waals surface area contributed by atoms with Gasteiger partial charge in [0.15, 0.2) is 0 Å². The second-order valence-electron chi connectivity index (χ2n) is 4.42. The number of methoxy groups -OCH3 is 1. The Morgan fingerprint density at radius 2 is 1.89 bits per heavy atom. The van der Waals surface area contributed by atoms with E-state index in [1.165, 1.54) is 0 Å². The van der Waals surface area contributed by atoms with E-state index < -0.39 is 5.60 Å². The van der Waals surface area contributed by atoms with E-state index in [1.807, 2.05) is 30.3 Å². The molecule has 0 saturated carbocycles. The highest BCUT2D eigenvalue weighted by molar-refractivity contribution is 5.21. The normalized spacial score (nSPS) is 14.4. The van der Waals surface area contributed by atoms with Gasteiger partial charge in [0.1, 0.15) is 0 Å². The minimum atomic E-state index is -0.853. The summed E-state index contributed by atoms with van der Waals surface area (Å²) in [6.45, 7) is 4.86. The van der Waals surface area contributed by atoms with Gasteiger partial charge in [0, 0.05) is 20.2 Å². The molecular weight excluding hydrogens is 230 g/mol. The van der Waals surface area contributed by atoms with Gasteiger partial charge in [-0.2, -0.15) is 0 Å². The Balaban J connectivity index is 2.18. The summed E-state index contributed by atoms with van der Waals surface area (Å²) >= 11 is 0. The third-order valence-electron chi connectivity index (χ3n) is 2.72. The minimum Gasteiger partial charge on any atom is -0.384 e. The average Bonchev–Trinajstić information content (AvgIpc) is 2.39. The number of benzene rings is 1. The van der Waals surface area contributed by atoms with E-state index >= 15 is 0 Å². The Labute approximate surface area is 109 Å². The summed E-state index contributed by atoms with van der Waals surface area (Å²) < 4.78 is 10.2. The Morgan fingerprint density at radius 3 is 2.56 bits per heavy atom. The topological polar surface area (TPSA) is 50.7 Å². The fraction of sp³-hybridized carbons (Fsp3) is 0.571. The van der Waals surface area contributed by atoms with Crippen molar-refractivity contribution in [2.24, 2.45) is 0 Å². The first kappa shape index (κ1) is 15.1. The second kappa shape index (κ2) is 8.21. The van der Waals surface area contributed by atoms with Gasteiger partial charge in [0.2, 0.25) is 0 Å². The van der Waals surface area contributed by atoms with Crippen molar-refractivity contribution in [3.05, 3.63) is 35.9 Å². The van der Waals surface area contributed by atoms with Gasteiger partial charge >= 0.3 is 0 Å². The third kappa shape index (κ3) is 5.60. The molecule has 102 valence electrons. The van der Waals surface area contributed by atoms with Crippen molar-refractivity contribution in [1.82, 2.24) is 5.32 Å². The van der Waals surface area contributed by atoms with Crippen molar-refractivity contribution in [3.8, 4) is 0 Å². The van der Waals surface area contributed by atoms with E-state index in [-0.39, 0.29) is 0 Å². The van der Waals surface area contributed by atoms with Crippen molar-refractivity contribution in [3.63, 3.8) is 0 Å². The van der Waals surface area contributed by atoms with E-state index in [0.717, 1.165) is 5.56 Å². The Morgan fingerprint density at radius 1 is 1.17 bits per heavy atom. The summed E-state index contributed by atoms with van der Waals surface area (Å²) in [5, 5.41) is 13.5. The summed E-state index contributed by atoms with van der Waals surface area (Å²) in [5.74, 6) is 0. The summed E-state index contributed by atoms with van der Waals surface area (Å²) in [4.78, 5) is 0. The first-order chi connectivity index (χ1) is 8.67. The van der Waals surface area contributed by atoms with E-state index in [9.17, 15) is 5.11 Å². The first-order valence-corrected chi connectivity index (χ1v) is 6.22. The summed E-state index contributed by atoms with van der Waals surface area (Å²) in [7, 11) is 1.65. The third-order valence-corrected chi connectivity index (χ3v) is 2.72. The van der Waals surface area contributed by atoms with Crippen LogP contribution in [0.4, 0.5) is 0 Å². The van der Waals surface area contributed by atoms with Crippen LogP contribution >= 0.6 is 0 Å². The number of nitrogens with one attached hydrogen (secondary N) is 1. The molecule has 4 heteroatoms. The number of ether oxygens (including phenoxy) is 2. The van der Waals surface area contributed by atoms with Gasteiger partial charge < -0.3 is 19.9 Å². The van der Waals surface area contributed by atoms with Gasteiger partial charge in [0.25, 0.3) is 0 Å². The largest absolute Gasteiger partial charge is 0.384 e. The molecule has 0 radical (unpaired) electrons. The maximum Gasteiger partial charge on any atom is 0.0992 e. The zero-order chi connectivity index (χ0) is 13.3. The first-order valence-electron chi connectivity index (χ1n) is 6.22. The highest BCUT2D eigenvalue weighted by atomic mass is 16.5. The maximum atomic E-state index is 10.3. The predicted octanol–water partition coefficient (Wildman–Crippen LogP) is 1.15. The van der Waals surface area contributed by atoms with Crippen molar-refractivity contribution in [2.75, 3.05) is 40.0 Å². The van der Waals surface area contributed by atoms with Crippen LogP contribution in [0, 0.1) is 0 Å².